The van der Waals surface area contributed by atoms with Crippen LogP contribution >= 0.6 is 11.9 Å². The lowest BCUT2D eigenvalue weighted by atomic mass is 10.1. The third-order valence-corrected chi connectivity index (χ3v) is 8.10. The van der Waals surface area contributed by atoms with Crippen molar-refractivity contribution in [1.29, 1.82) is 0 Å². The maximum absolute atomic E-state index is 12.3. The predicted molar refractivity (Wildman–Crippen MR) is 122 cm³/mol. The maximum Gasteiger partial charge on any atom is 0.180 e. The van der Waals surface area contributed by atoms with Crippen molar-refractivity contribution >= 4 is 32.9 Å². The normalized spacial score (nSPS) is 12.0. The van der Waals surface area contributed by atoms with Crippen LogP contribution in [-0.2, 0) is 9.84 Å². The van der Waals surface area contributed by atoms with Crippen LogP contribution in [0.15, 0.2) is 70.7 Å². The first-order valence-electron chi connectivity index (χ1n) is 9.70. The van der Waals surface area contributed by atoms with E-state index < -0.39 is 15.1 Å². The Hall–Kier alpha value is -2.64. The number of benzene rings is 2. The van der Waals surface area contributed by atoms with E-state index >= 15 is 0 Å². The first-order chi connectivity index (χ1) is 14.3. The summed E-state index contributed by atoms with van der Waals surface area (Å²) < 4.78 is 26.7. The fourth-order valence-corrected chi connectivity index (χ4v) is 5.09. The zero-order chi connectivity index (χ0) is 21.5. The summed E-state index contributed by atoms with van der Waals surface area (Å²) in [6, 6.07) is 15.2. The zero-order valence-corrected chi connectivity index (χ0v) is 19.0. The maximum atomic E-state index is 12.3. The highest BCUT2D eigenvalue weighted by molar-refractivity contribution is 7.98. The van der Waals surface area contributed by atoms with Gasteiger partial charge in [0.1, 0.15) is 5.52 Å². The SMILES string of the molecule is Cc1ccc(Sn2cc(C)c3nc(-c4ccc(S(=O)(=O)C(C)C)cc4)cnc32)cc1. The first-order valence-corrected chi connectivity index (χ1v) is 12.0. The second-order valence-corrected chi connectivity index (χ2v) is 11.1. The molecule has 0 fully saturated rings. The summed E-state index contributed by atoms with van der Waals surface area (Å²) in [6.45, 7) is 7.46. The summed E-state index contributed by atoms with van der Waals surface area (Å²) in [6.07, 6.45) is 3.78. The highest BCUT2D eigenvalue weighted by atomic mass is 32.2. The third-order valence-electron chi connectivity index (χ3n) is 4.97. The highest BCUT2D eigenvalue weighted by Gasteiger charge is 2.19. The molecule has 4 rings (SSSR count). The van der Waals surface area contributed by atoms with E-state index in [1.54, 1.807) is 56.3 Å². The minimum atomic E-state index is -3.29. The van der Waals surface area contributed by atoms with Crippen molar-refractivity contribution in [3.05, 3.63) is 72.1 Å². The second kappa shape index (κ2) is 7.89. The summed E-state index contributed by atoms with van der Waals surface area (Å²) in [4.78, 5) is 10.9. The van der Waals surface area contributed by atoms with Gasteiger partial charge in [0.15, 0.2) is 15.5 Å². The van der Waals surface area contributed by atoms with Gasteiger partial charge in [-0.2, -0.15) is 0 Å². The molecule has 0 saturated heterocycles. The Bertz CT molecular complexity index is 1310. The van der Waals surface area contributed by atoms with E-state index in [0.29, 0.717) is 4.90 Å². The summed E-state index contributed by atoms with van der Waals surface area (Å²) >= 11 is 1.60. The molecule has 0 N–H and O–H groups in total. The quantitative estimate of drug-likeness (QED) is 0.415. The van der Waals surface area contributed by atoms with Gasteiger partial charge in [-0.1, -0.05) is 29.8 Å². The second-order valence-electron chi connectivity index (χ2n) is 7.59. The molecular weight excluding hydrogens is 414 g/mol. The molecule has 0 unspecified atom stereocenters. The van der Waals surface area contributed by atoms with Crippen molar-refractivity contribution in [3.63, 3.8) is 0 Å². The minimum absolute atomic E-state index is 0.326. The molecule has 0 radical (unpaired) electrons. The largest absolute Gasteiger partial charge is 0.269 e. The zero-order valence-electron chi connectivity index (χ0n) is 17.3. The molecule has 0 aliphatic carbocycles. The Kier molecular flexibility index (Phi) is 5.42. The van der Waals surface area contributed by atoms with Crippen LogP contribution in [0.5, 0.6) is 0 Å². The Labute approximate surface area is 181 Å². The number of rotatable bonds is 5. The molecule has 0 amide bonds. The monoisotopic (exact) mass is 437 g/mol. The number of aryl methyl sites for hydroxylation is 2. The Morgan fingerprint density at radius 1 is 0.967 bits per heavy atom. The van der Waals surface area contributed by atoms with Gasteiger partial charge in [-0.05, 0) is 69.5 Å². The average Bonchev–Trinajstić information content (AvgIpc) is 3.04. The van der Waals surface area contributed by atoms with Crippen LogP contribution in [0.3, 0.4) is 0 Å². The van der Waals surface area contributed by atoms with Gasteiger partial charge >= 0.3 is 0 Å². The molecule has 7 heteroatoms. The number of sulfone groups is 1. The van der Waals surface area contributed by atoms with Crippen molar-refractivity contribution < 1.29 is 8.42 Å². The molecule has 2 aromatic carbocycles. The van der Waals surface area contributed by atoms with Gasteiger partial charge < -0.3 is 0 Å². The molecular formula is C23H23N3O2S2. The van der Waals surface area contributed by atoms with Crippen molar-refractivity contribution in [2.24, 2.45) is 0 Å². The molecule has 0 aliphatic rings. The third kappa shape index (κ3) is 3.87. The lowest BCUT2D eigenvalue weighted by molar-refractivity contribution is 0.587. The van der Waals surface area contributed by atoms with E-state index in [-0.39, 0.29) is 0 Å². The Morgan fingerprint density at radius 3 is 2.27 bits per heavy atom. The average molecular weight is 438 g/mol. The first kappa shape index (κ1) is 20.6. The fourth-order valence-electron chi connectivity index (χ4n) is 3.12. The van der Waals surface area contributed by atoms with Gasteiger partial charge in [-0.15, -0.1) is 0 Å². The van der Waals surface area contributed by atoms with Crippen molar-refractivity contribution in [2.45, 2.75) is 42.7 Å². The molecule has 0 spiro atoms. The summed E-state index contributed by atoms with van der Waals surface area (Å²) in [7, 11) is -3.29. The van der Waals surface area contributed by atoms with Crippen molar-refractivity contribution in [3.8, 4) is 11.3 Å². The van der Waals surface area contributed by atoms with Crippen LogP contribution in [0.4, 0.5) is 0 Å². The van der Waals surface area contributed by atoms with Gasteiger partial charge in [0, 0.05) is 16.7 Å². The summed E-state index contributed by atoms with van der Waals surface area (Å²) in [5.74, 6) is 0. The topological polar surface area (TPSA) is 64.8 Å². The van der Waals surface area contributed by atoms with Gasteiger partial charge in [0.05, 0.1) is 22.0 Å². The molecule has 5 nitrogen and oxygen atoms in total. The standard InChI is InChI=1S/C23H23N3O2S2/c1-15(2)30(27,28)20-11-7-18(8-12-20)21-13-24-23-22(25-21)17(4)14-26(23)29-19-9-5-16(3)6-10-19/h5-15H,1-4H3. The van der Waals surface area contributed by atoms with Gasteiger partial charge in [0.2, 0.25) is 0 Å². The van der Waals surface area contributed by atoms with Crippen LogP contribution in [0.1, 0.15) is 25.0 Å². The molecule has 2 aromatic heterocycles. The van der Waals surface area contributed by atoms with Crippen LogP contribution < -0.4 is 0 Å². The van der Waals surface area contributed by atoms with E-state index in [0.717, 1.165) is 32.9 Å². The van der Waals surface area contributed by atoms with Gasteiger partial charge in [-0.25, -0.2) is 18.4 Å². The predicted octanol–water partition coefficient (Wildman–Crippen LogP) is 5.45. The van der Waals surface area contributed by atoms with E-state index in [4.69, 9.17) is 4.98 Å². The van der Waals surface area contributed by atoms with Gasteiger partial charge in [0.25, 0.3) is 0 Å². The van der Waals surface area contributed by atoms with Crippen LogP contribution in [0.25, 0.3) is 22.4 Å². The Morgan fingerprint density at radius 2 is 1.63 bits per heavy atom. The van der Waals surface area contributed by atoms with Crippen molar-refractivity contribution in [1.82, 2.24) is 13.9 Å². The van der Waals surface area contributed by atoms with E-state index in [9.17, 15) is 8.42 Å². The van der Waals surface area contributed by atoms with Gasteiger partial charge in [-0.3, -0.25) is 3.97 Å². The van der Waals surface area contributed by atoms with Crippen molar-refractivity contribution in [2.75, 3.05) is 0 Å². The number of hydrogen-bond donors (Lipinski definition) is 0. The Balaban J connectivity index is 1.67. The number of nitrogens with zero attached hydrogens (tertiary/aromatic N) is 3. The van der Waals surface area contributed by atoms with E-state index in [1.165, 1.54) is 5.56 Å². The molecule has 30 heavy (non-hydrogen) atoms. The lowest BCUT2D eigenvalue weighted by Gasteiger charge is -2.09. The van der Waals surface area contributed by atoms with E-state index in [1.807, 2.05) is 17.1 Å². The highest BCUT2D eigenvalue weighted by Crippen LogP contribution is 2.29. The molecule has 0 saturated carbocycles. The fraction of sp³-hybridized carbons (Fsp3) is 0.217. The molecule has 0 atom stereocenters. The van der Waals surface area contributed by atoms with E-state index in [2.05, 4.69) is 36.2 Å². The summed E-state index contributed by atoms with van der Waals surface area (Å²) in [5.41, 5.74) is 5.47. The van der Waals surface area contributed by atoms with Crippen LogP contribution in [-0.4, -0.2) is 27.6 Å². The number of aromatic nitrogens is 3. The minimum Gasteiger partial charge on any atom is -0.269 e. The molecule has 154 valence electrons. The van der Waals surface area contributed by atoms with Crippen LogP contribution in [0.2, 0.25) is 0 Å². The molecule has 0 aliphatic heterocycles. The smallest absolute Gasteiger partial charge is 0.180 e. The molecule has 0 bridgehead atoms. The molecule has 2 heterocycles. The van der Waals surface area contributed by atoms with Crippen LogP contribution in [0, 0.1) is 13.8 Å². The number of fused-ring (bicyclic) bond motifs is 1. The number of hydrogen-bond acceptors (Lipinski definition) is 5. The molecule has 4 aromatic rings. The lowest BCUT2D eigenvalue weighted by Crippen LogP contribution is -2.13. The summed E-state index contributed by atoms with van der Waals surface area (Å²) in [5, 5.41) is -0.451.